The first kappa shape index (κ1) is 14.5. The van der Waals surface area contributed by atoms with E-state index in [1.54, 1.807) is 19.1 Å². The maximum Gasteiger partial charge on any atom is 0.220 e. The van der Waals surface area contributed by atoms with Crippen molar-refractivity contribution in [2.45, 2.75) is 25.3 Å². The smallest absolute Gasteiger partial charge is 0.220 e. The fourth-order valence-corrected chi connectivity index (χ4v) is 1.47. The number of nitrogen functional groups attached to an aromatic ring is 1. The van der Waals surface area contributed by atoms with Crippen molar-refractivity contribution in [2.24, 2.45) is 0 Å². The Morgan fingerprint density at radius 1 is 1.28 bits per heavy atom. The van der Waals surface area contributed by atoms with E-state index in [1.165, 1.54) is 0 Å². The lowest BCUT2D eigenvalue weighted by molar-refractivity contribution is -0.124. The molecule has 1 aromatic rings. The van der Waals surface area contributed by atoms with Crippen LogP contribution in [0, 0.1) is 0 Å². The Kier molecular flexibility index (Phi) is 5.12. The van der Waals surface area contributed by atoms with Gasteiger partial charge in [0.2, 0.25) is 5.91 Å². The maximum atomic E-state index is 11.7. The standard InChI is InChI=1S/C13H20N2O3/c1-13(8-16,9-17)15-12(18)7-4-10-2-5-11(14)6-3-10/h2-3,5-6,16-17H,4,7-9,14H2,1H3,(H,15,18). The number of aliphatic hydroxyl groups is 2. The Hall–Kier alpha value is -1.59. The van der Waals surface area contributed by atoms with E-state index in [4.69, 9.17) is 15.9 Å². The third kappa shape index (κ3) is 4.35. The molecule has 0 bridgehead atoms. The molecule has 0 fully saturated rings. The summed E-state index contributed by atoms with van der Waals surface area (Å²) >= 11 is 0. The summed E-state index contributed by atoms with van der Waals surface area (Å²) in [6.45, 7) is 1.00. The number of hydrogen-bond acceptors (Lipinski definition) is 4. The average Bonchev–Trinajstić information content (AvgIpc) is 2.38. The van der Waals surface area contributed by atoms with Gasteiger partial charge < -0.3 is 21.3 Å². The number of hydrogen-bond donors (Lipinski definition) is 4. The highest BCUT2D eigenvalue weighted by atomic mass is 16.3. The zero-order chi connectivity index (χ0) is 13.6. The zero-order valence-electron chi connectivity index (χ0n) is 10.5. The molecule has 0 saturated carbocycles. The van der Waals surface area contributed by atoms with Crippen LogP contribution >= 0.6 is 0 Å². The number of anilines is 1. The van der Waals surface area contributed by atoms with E-state index in [-0.39, 0.29) is 19.1 Å². The van der Waals surface area contributed by atoms with Crippen LogP contribution in [-0.2, 0) is 11.2 Å². The molecular weight excluding hydrogens is 232 g/mol. The predicted molar refractivity (Wildman–Crippen MR) is 69.9 cm³/mol. The maximum absolute atomic E-state index is 11.7. The molecule has 0 heterocycles. The number of carbonyl (C=O) groups is 1. The number of nitrogens with two attached hydrogens (primary N) is 1. The predicted octanol–water partition coefficient (Wildman–Crippen LogP) is 0.0609. The molecule has 5 N–H and O–H groups in total. The first-order valence-corrected chi connectivity index (χ1v) is 5.86. The number of amides is 1. The van der Waals surface area contributed by atoms with Crippen LogP contribution in [0.4, 0.5) is 5.69 Å². The SMILES string of the molecule is CC(CO)(CO)NC(=O)CCc1ccc(N)cc1. The molecule has 0 atom stereocenters. The van der Waals surface area contributed by atoms with Crippen LogP contribution in [0.1, 0.15) is 18.9 Å². The summed E-state index contributed by atoms with van der Waals surface area (Å²) in [5.41, 5.74) is 6.32. The molecule has 0 aliphatic carbocycles. The molecule has 1 rings (SSSR count). The summed E-state index contributed by atoms with van der Waals surface area (Å²) in [6.07, 6.45) is 0.901. The number of carbonyl (C=O) groups excluding carboxylic acids is 1. The van der Waals surface area contributed by atoms with Crippen molar-refractivity contribution in [1.29, 1.82) is 0 Å². The van der Waals surface area contributed by atoms with Crippen molar-refractivity contribution < 1.29 is 15.0 Å². The zero-order valence-corrected chi connectivity index (χ0v) is 10.5. The molecule has 100 valence electrons. The Bertz CT molecular complexity index is 386. The Morgan fingerprint density at radius 3 is 2.33 bits per heavy atom. The monoisotopic (exact) mass is 252 g/mol. The van der Waals surface area contributed by atoms with Crippen LogP contribution < -0.4 is 11.1 Å². The normalized spacial score (nSPS) is 11.3. The highest BCUT2D eigenvalue weighted by molar-refractivity contribution is 5.77. The van der Waals surface area contributed by atoms with Crippen LogP contribution in [0.5, 0.6) is 0 Å². The van der Waals surface area contributed by atoms with Gasteiger partial charge in [-0.2, -0.15) is 0 Å². The van der Waals surface area contributed by atoms with Gasteiger partial charge in [0.05, 0.1) is 18.8 Å². The van der Waals surface area contributed by atoms with Crippen molar-refractivity contribution in [3.8, 4) is 0 Å². The number of aliphatic hydroxyl groups excluding tert-OH is 2. The summed E-state index contributed by atoms with van der Waals surface area (Å²) in [7, 11) is 0. The highest BCUT2D eigenvalue weighted by Gasteiger charge is 2.24. The van der Waals surface area contributed by atoms with E-state index < -0.39 is 5.54 Å². The fraction of sp³-hybridized carbons (Fsp3) is 0.462. The number of aryl methyl sites for hydroxylation is 1. The quantitative estimate of drug-likeness (QED) is 0.538. The van der Waals surface area contributed by atoms with E-state index >= 15 is 0 Å². The summed E-state index contributed by atoms with van der Waals surface area (Å²) < 4.78 is 0. The van der Waals surface area contributed by atoms with Crippen LogP contribution in [0.25, 0.3) is 0 Å². The number of nitrogens with one attached hydrogen (secondary N) is 1. The van der Waals surface area contributed by atoms with Gasteiger partial charge in [-0.25, -0.2) is 0 Å². The third-order valence-electron chi connectivity index (χ3n) is 2.76. The van der Waals surface area contributed by atoms with Crippen LogP contribution in [0.3, 0.4) is 0 Å². The minimum atomic E-state index is -0.960. The van der Waals surface area contributed by atoms with E-state index in [9.17, 15) is 4.79 Å². The molecule has 5 nitrogen and oxygen atoms in total. The molecule has 18 heavy (non-hydrogen) atoms. The van der Waals surface area contributed by atoms with E-state index in [1.807, 2.05) is 12.1 Å². The summed E-state index contributed by atoms with van der Waals surface area (Å²) in [4.78, 5) is 11.7. The van der Waals surface area contributed by atoms with E-state index in [2.05, 4.69) is 5.32 Å². The molecule has 1 amide bonds. The molecule has 0 aliphatic rings. The van der Waals surface area contributed by atoms with Crippen molar-refractivity contribution in [3.63, 3.8) is 0 Å². The van der Waals surface area contributed by atoms with Gasteiger partial charge >= 0.3 is 0 Å². The van der Waals surface area contributed by atoms with E-state index in [0.717, 1.165) is 5.56 Å². The Labute approximate surface area is 107 Å². The lowest BCUT2D eigenvalue weighted by Gasteiger charge is -2.26. The Balaban J connectivity index is 2.44. The van der Waals surface area contributed by atoms with Crippen LogP contribution in [0.15, 0.2) is 24.3 Å². The molecular formula is C13H20N2O3. The molecule has 0 unspecified atom stereocenters. The van der Waals surface area contributed by atoms with Crippen LogP contribution in [0.2, 0.25) is 0 Å². The first-order chi connectivity index (χ1) is 8.49. The average molecular weight is 252 g/mol. The highest BCUT2D eigenvalue weighted by Crippen LogP contribution is 2.08. The number of benzene rings is 1. The molecule has 0 aliphatic heterocycles. The van der Waals surface area contributed by atoms with Crippen molar-refractivity contribution in [3.05, 3.63) is 29.8 Å². The first-order valence-electron chi connectivity index (χ1n) is 5.86. The second kappa shape index (κ2) is 6.37. The summed E-state index contributed by atoms with van der Waals surface area (Å²) in [5.74, 6) is -0.197. The topological polar surface area (TPSA) is 95.6 Å². The summed E-state index contributed by atoms with van der Waals surface area (Å²) in [6, 6.07) is 7.33. The van der Waals surface area contributed by atoms with Crippen molar-refractivity contribution in [1.82, 2.24) is 5.32 Å². The van der Waals surface area contributed by atoms with Gasteiger partial charge in [0.1, 0.15) is 0 Å². The summed E-state index contributed by atoms with van der Waals surface area (Å²) in [5, 5.41) is 20.7. The molecule has 0 spiro atoms. The molecule has 0 radical (unpaired) electrons. The van der Waals surface area contributed by atoms with E-state index in [0.29, 0.717) is 18.5 Å². The van der Waals surface area contributed by atoms with Gasteiger partial charge in [0, 0.05) is 12.1 Å². The lowest BCUT2D eigenvalue weighted by atomic mass is 10.0. The van der Waals surface area contributed by atoms with Gasteiger partial charge in [-0.15, -0.1) is 0 Å². The number of rotatable bonds is 6. The minimum Gasteiger partial charge on any atom is -0.399 e. The fourth-order valence-electron chi connectivity index (χ4n) is 1.47. The van der Waals surface area contributed by atoms with Gasteiger partial charge in [0.15, 0.2) is 0 Å². The largest absolute Gasteiger partial charge is 0.399 e. The minimum absolute atomic E-state index is 0.197. The van der Waals surface area contributed by atoms with Gasteiger partial charge in [-0.05, 0) is 31.0 Å². The van der Waals surface area contributed by atoms with Crippen molar-refractivity contribution >= 4 is 11.6 Å². The van der Waals surface area contributed by atoms with Crippen LogP contribution in [-0.4, -0.2) is 34.9 Å². The lowest BCUT2D eigenvalue weighted by Crippen LogP contribution is -2.51. The molecule has 0 aromatic heterocycles. The van der Waals surface area contributed by atoms with Gasteiger partial charge in [0.25, 0.3) is 0 Å². The second-order valence-corrected chi connectivity index (χ2v) is 4.67. The van der Waals surface area contributed by atoms with Gasteiger partial charge in [-0.3, -0.25) is 4.79 Å². The second-order valence-electron chi connectivity index (χ2n) is 4.67. The van der Waals surface area contributed by atoms with Gasteiger partial charge in [-0.1, -0.05) is 12.1 Å². The molecule has 1 aromatic carbocycles. The third-order valence-corrected chi connectivity index (χ3v) is 2.76. The van der Waals surface area contributed by atoms with Crippen molar-refractivity contribution in [2.75, 3.05) is 18.9 Å². The molecule has 0 saturated heterocycles. The molecule has 5 heteroatoms. The Morgan fingerprint density at radius 2 is 1.83 bits per heavy atom.